The van der Waals surface area contributed by atoms with Crippen LogP contribution >= 0.6 is 11.5 Å². The molecule has 0 saturated carbocycles. The number of ether oxygens (including phenoxy) is 1. The predicted octanol–water partition coefficient (Wildman–Crippen LogP) is 3.20. The maximum absolute atomic E-state index is 5.49. The van der Waals surface area contributed by atoms with Crippen molar-refractivity contribution in [1.82, 2.24) is 14.9 Å². The molecule has 1 heterocycles. The van der Waals surface area contributed by atoms with Crippen molar-refractivity contribution in [3.8, 4) is 5.75 Å². The molecule has 108 valence electrons. The van der Waals surface area contributed by atoms with Crippen LogP contribution in [0.1, 0.15) is 42.9 Å². The molecule has 1 aromatic heterocycles. The molecule has 0 spiro atoms. The van der Waals surface area contributed by atoms with Crippen molar-refractivity contribution >= 4 is 11.5 Å². The van der Waals surface area contributed by atoms with Gasteiger partial charge in [-0.25, -0.2) is 0 Å². The molecule has 0 aliphatic rings. The molecular weight excluding hydrogens is 270 g/mol. The van der Waals surface area contributed by atoms with Crippen molar-refractivity contribution in [2.24, 2.45) is 0 Å². The summed E-state index contributed by atoms with van der Waals surface area (Å²) in [7, 11) is 0. The summed E-state index contributed by atoms with van der Waals surface area (Å²) < 4.78 is 9.59. The van der Waals surface area contributed by atoms with Crippen LogP contribution in [-0.2, 0) is 6.42 Å². The average molecular weight is 291 g/mol. The Hall–Kier alpha value is -1.46. The van der Waals surface area contributed by atoms with Crippen molar-refractivity contribution in [1.29, 1.82) is 0 Å². The van der Waals surface area contributed by atoms with Crippen LogP contribution in [0.25, 0.3) is 0 Å². The summed E-state index contributed by atoms with van der Waals surface area (Å²) >= 11 is 1.48. The van der Waals surface area contributed by atoms with E-state index in [-0.39, 0.29) is 6.04 Å². The van der Waals surface area contributed by atoms with Gasteiger partial charge in [-0.3, -0.25) is 0 Å². The maximum Gasteiger partial charge on any atom is 0.119 e. The average Bonchev–Trinajstić information content (AvgIpc) is 2.94. The van der Waals surface area contributed by atoms with Gasteiger partial charge in [-0.15, -0.1) is 5.10 Å². The van der Waals surface area contributed by atoms with Crippen molar-refractivity contribution in [3.05, 3.63) is 40.4 Å². The van der Waals surface area contributed by atoms with Gasteiger partial charge in [0.05, 0.1) is 23.2 Å². The summed E-state index contributed by atoms with van der Waals surface area (Å²) in [5, 5.41) is 7.73. The minimum absolute atomic E-state index is 0.158. The van der Waals surface area contributed by atoms with Crippen LogP contribution in [0.4, 0.5) is 0 Å². The van der Waals surface area contributed by atoms with Crippen LogP contribution in [0, 0.1) is 0 Å². The molecule has 0 fully saturated rings. The molecule has 0 saturated heterocycles. The fourth-order valence-electron chi connectivity index (χ4n) is 2.17. The lowest BCUT2D eigenvalue weighted by Crippen LogP contribution is -2.22. The summed E-state index contributed by atoms with van der Waals surface area (Å²) in [4.78, 5) is 1.21. The van der Waals surface area contributed by atoms with Gasteiger partial charge in [-0.1, -0.05) is 30.5 Å². The summed E-state index contributed by atoms with van der Waals surface area (Å²) in [5.74, 6) is 0.907. The highest BCUT2D eigenvalue weighted by atomic mass is 32.1. The molecule has 5 heteroatoms. The first-order valence-corrected chi connectivity index (χ1v) is 7.84. The Morgan fingerprint density at radius 1 is 1.20 bits per heavy atom. The molecule has 0 amide bonds. The zero-order valence-electron chi connectivity index (χ0n) is 12.2. The zero-order valence-corrected chi connectivity index (χ0v) is 13.0. The van der Waals surface area contributed by atoms with Crippen molar-refractivity contribution in [2.45, 2.75) is 33.2 Å². The topological polar surface area (TPSA) is 47.0 Å². The van der Waals surface area contributed by atoms with Gasteiger partial charge in [0.15, 0.2) is 0 Å². The first-order valence-electron chi connectivity index (χ1n) is 7.07. The zero-order chi connectivity index (χ0) is 14.4. The Kier molecular flexibility index (Phi) is 5.49. The lowest BCUT2D eigenvalue weighted by molar-refractivity contribution is 0.340. The van der Waals surface area contributed by atoms with Crippen LogP contribution in [0.2, 0.25) is 0 Å². The van der Waals surface area contributed by atoms with E-state index in [1.165, 1.54) is 22.0 Å². The molecule has 2 aromatic rings. The van der Waals surface area contributed by atoms with E-state index < -0.39 is 0 Å². The highest BCUT2D eigenvalue weighted by Crippen LogP contribution is 2.28. The molecule has 1 N–H and O–H groups in total. The number of rotatable bonds is 7. The SMILES string of the molecule is CCNC(c1ccc(OCC)cc1)c1snnc1CC. The molecule has 1 atom stereocenters. The number of nitrogens with zero attached hydrogens (tertiary/aromatic N) is 2. The van der Waals surface area contributed by atoms with Crippen molar-refractivity contribution < 1.29 is 4.74 Å². The minimum atomic E-state index is 0.158. The highest BCUT2D eigenvalue weighted by Gasteiger charge is 2.19. The van der Waals surface area contributed by atoms with Gasteiger partial charge in [-0.05, 0) is 49.1 Å². The second-order valence-electron chi connectivity index (χ2n) is 4.43. The van der Waals surface area contributed by atoms with E-state index in [2.05, 4.69) is 40.9 Å². The largest absolute Gasteiger partial charge is 0.494 e. The Morgan fingerprint density at radius 2 is 1.95 bits per heavy atom. The summed E-state index contributed by atoms with van der Waals surface area (Å²) in [5.41, 5.74) is 2.30. The van der Waals surface area contributed by atoms with Crippen molar-refractivity contribution in [2.75, 3.05) is 13.2 Å². The monoisotopic (exact) mass is 291 g/mol. The fraction of sp³-hybridized carbons (Fsp3) is 0.467. The van der Waals surface area contributed by atoms with Gasteiger partial charge < -0.3 is 10.1 Å². The fourth-order valence-corrected chi connectivity index (χ4v) is 3.01. The van der Waals surface area contributed by atoms with Crippen LogP contribution in [0.5, 0.6) is 5.75 Å². The van der Waals surface area contributed by atoms with E-state index in [1.54, 1.807) is 0 Å². The van der Waals surface area contributed by atoms with E-state index in [0.29, 0.717) is 6.61 Å². The summed E-state index contributed by atoms with van der Waals surface area (Å²) in [6.45, 7) is 7.81. The minimum Gasteiger partial charge on any atom is -0.494 e. The van der Waals surface area contributed by atoms with Crippen molar-refractivity contribution in [3.63, 3.8) is 0 Å². The molecule has 1 unspecified atom stereocenters. The van der Waals surface area contributed by atoms with Crippen LogP contribution in [-0.4, -0.2) is 22.7 Å². The van der Waals surface area contributed by atoms with E-state index in [4.69, 9.17) is 4.74 Å². The van der Waals surface area contributed by atoms with Gasteiger partial charge in [0.25, 0.3) is 0 Å². The van der Waals surface area contributed by atoms with Gasteiger partial charge in [0.2, 0.25) is 0 Å². The third kappa shape index (κ3) is 3.35. The number of nitrogens with one attached hydrogen (secondary N) is 1. The second-order valence-corrected chi connectivity index (χ2v) is 5.22. The third-order valence-electron chi connectivity index (χ3n) is 3.11. The van der Waals surface area contributed by atoms with E-state index in [1.807, 2.05) is 19.1 Å². The lowest BCUT2D eigenvalue weighted by Gasteiger charge is -2.17. The van der Waals surface area contributed by atoms with Crippen LogP contribution < -0.4 is 10.1 Å². The molecule has 0 radical (unpaired) electrons. The van der Waals surface area contributed by atoms with Gasteiger partial charge in [0.1, 0.15) is 5.75 Å². The normalized spacial score (nSPS) is 12.3. The maximum atomic E-state index is 5.49. The van der Waals surface area contributed by atoms with Crippen LogP contribution in [0.15, 0.2) is 24.3 Å². The lowest BCUT2D eigenvalue weighted by atomic mass is 10.0. The molecule has 2 rings (SSSR count). The number of aryl methyl sites for hydroxylation is 1. The smallest absolute Gasteiger partial charge is 0.119 e. The molecular formula is C15H21N3OS. The molecule has 4 nitrogen and oxygen atoms in total. The van der Waals surface area contributed by atoms with E-state index in [9.17, 15) is 0 Å². The van der Waals surface area contributed by atoms with E-state index >= 15 is 0 Å². The first-order chi connectivity index (χ1) is 9.80. The Labute approximate surface area is 124 Å². The molecule has 0 bridgehead atoms. The standard InChI is InChI=1S/C15H21N3OS/c1-4-13-15(20-18-17-13)14(16-5-2)11-7-9-12(10-8-11)19-6-3/h7-10,14,16H,4-6H2,1-3H3. The third-order valence-corrected chi connectivity index (χ3v) is 3.95. The van der Waals surface area contributed by atoms with Gasteiger partial charge in [0, 0.05) is 0 Å². The number of hydrogen-bond acceptors (Lipinski definition) is 5. The number of aromatic nitrogens is 2. The van der Waals surface area contributed by atoms with Crippen LogP contribution in [0.3, 0.4) is 0 Å². The van der Waals surface area contributed by atoms with E-state index in [0.717, 1.165) is 24.4 Å². The number of benzene rings is 1. The molecule has 0 aliphatic carbocycles. The summed E-state index contributed by atoms with van der Waals surface area (Å²) in [6.07, 6.45) is 0.907. The number of hydrogen-bond donors (Lipinski definition) is 1. The highest BCUT2D eigenvalue weighted by molar-refractivity contribution is 7.05. The Balaban J connectivity index is 2.28. The Bertz CT molecular complexity index is 524. The second kappa shape index (κ2) is 7.36. The molecule has 20 heavy (non-hydrogen) atoms. The Morgan fingerprint density at radius 3 is 2.55 bits per heavy atom. The quantitative estimate of drug-likeness (QED) is 0.851. The molecule has 0 aliphatic heterocycles. The predicted molar refractivity (Wildman–Crippen MR) is 82.4 cm³/mol. The summed E-state index contributed by atoms with van der Waals surface area (Å²) in [6, 6.07) is 8.41. The first kappa shape index (κ1) is 14.9. The van der Waals surface area contributed by atoms with Gasteiger partial charge >= 0.3 is 0 Å². The van der Waals surface area contributed by atoms with Gasteiger partial charge in [-0.2, -0.15) is 0 Å². The molecule has 1 aromatic carbocycles.